The first kappa shape index (κ1) is 17.0. The van der Waals surface area contributed by atoms with Crippen LogP contribution >= 0.6 is 11.3 Å². The largest absolute Gasteiger partial charge is 0.316 e. The molecule has 1 aromatic rings. The van der Waals surface area contributed by atoms with Crippen LogP contribution in [0.5, 0.6) is 0 Å². The van der Waals surface area contributed by atoms with Gasteiger partial charge in [-0.15, -0.1) is 11.3 Å². The minimum Gasteiger partial charge on any atom is -0.316 e. The molecule has 120 valence electrons. The molecule has 0 saturated heterocycles. The maximum atomic E-state index is 3.72. The Kier molecular flexibility index (Phi) is 7.25. The Labute approximate surface area is 135 Å². The van der Waals surface area contributed by atoms with Crippen molar-refractivity contribution >= 4 is 11.3 Å². The number of thiophene rings is 1. The third kappa shape index (κ3) is 5.41. The van der Waals surface area contributed by atoms with E-state index in [0.29, 0.717) is 5.41 Å². The maximum absolute atomic E-state index is 3.72. The Morgan fingerprint density at radius 2 is 2.05 bits per heavy atom. The van der Waals surface area contributed by atoms with Crippen molar-refractivity contribution in [3.05, 3.63) is 22.4 Å². The summed E-state index contributed by atoms with van der Waals surface area (Å²) in [5, 5.41) is 5.95. The summed E-state index contributed by atoms with van der Waals surface area (Å²) in [6.07, 6.45) is 12.6. The van der Waals surface area contributed by atoms with Crippen LogP contribution < -0.4 is 5.32 Å². The molecule has 1 fully saturated rings. The van der Waals surface area contributed by atoms with Crippen LogP contribution in [-0.2, 0) is 6.42 Å². The summed E-state index contributed by atoms with van der Waals surface area (Å²) in [4.78, 5) is 1.58. The Bertz CT molecular complexity index is 363. The lowest BCUT2D eigenvalue weighted by Gasteiger charge is -2.40. The molecule has 2 heteroatoms. The van der Waals surface area contributed by atoms with Crippen molar-refractivity contribution < 1.29 is 0 Å². The van der Waals surface area contributed by atoms with Crippen LogP contribution in [0.15, 0.2) is 17.5 Å². The molecule has 0 aromatic carbocycles. The first-order valence-corrected chi connectivity index (χ1v) is 9.89. The Morgan fingerprint density at radius 1 is 1.24 bits per heavy atom. The van der Waals surface area contributed by atoms with Crippen LogP contribution in [0, 0.1) is 11.3 Å². The molecule has 21 heavy (non-hydrogen) atoms. The Balaban J connectivity index is 1.90. The molecule has 0 unspecified atom stereocenters. The average Bonchev–Trinajstić information content (AvgIpc) is 3.00. The first-order chi connectivity index (χ1) is 10.3. The van der Waals surface area contributed by atoms with Gasteiger partial charge >= 0.3 is 0 Å². The zero-order valence-electron chi connectivity index (χ0n) is 14.0. The lowest BCUT2D eigenvalue weighted by Crippen LogP contribution is -2.39. The molecule has 0 radical (unpaired) electrons. The molecule has 0 spiro atoms. The number of hydrogen-bond acceptors (Lipinski definition) is 2. The second kappa shape index (κ2) is 8.95. The van der Waals surface area contributed by atoms with Gasteiger partial charge in [-0.25, -0.2) is 0 Å². The summed E-state index contributed by atoms with van der Waals surface area (Å²) >= 11 is 1.94. The van der Waals surface area contributed by atoms with E-state index in [1.165, 1.54) is 70.9 Å². The van der Waals surface area contributed by atoms with Crippen molar-refractivity contribution in [1.82, 2.24) is 5.32 Å². The van der Waals surface area contributed by atoms with Gasteiger partial charge in [0.1, 0.15) is 0 Å². The molecule has 1 heterocycles. The normalized spacial score (nSPS) is 26.1. The van der Waals surface area contributed by atoms with Crippen molar-refractivity contribution in [2.24, 2.45) is 11.3 Å². The molecule has 1 aliphatic rings. The zero-order chi connectivity index (χ0) is 15.0. The standard InChI is InChI=1S/C19H33NS/c1-3-5-7-17-9-11-19(12-10-17,16-20-13-4-2)15-18-8-6-14-21-18/h6,8,14,17,20H,3-5,7,9-13,15-16H2,1-2H3. The summed E-state index contributed by atoms with van der Waals surface area (Å²) in [6.45, 7) is 6.98. The fourth-order valence-electron chi connectivity index (χ4n) is 3.80. The first-order valence-electron chi connectivity index (χ1n) is 9.01. The molecular weight excluding hydrogens is 274 g/mol. The van der Waals surface area contributed by atoms with E-state index in [-0.39, 0.29) is 0 Å². The SMILES string of the molecule is CCCCC1CCC(CNCCC)(Cc2cccs2)CC1. The minimum absolute atomic E-state index is 0.530. The topological polar surface area (TPSA) is 12.0 Å². The minimum atomic E-state index is 0.530. The van der Waals surface area contributed by atoms with Crippen molar-refractivity contribution in [2.45, 2.75) is 71.6 Å². The van der Waals surface area contributed by atoms with Gasteiger partial charge in [0.2, 0.25) is 0 Å². The number of unbranched alkanes of at least 4 members (excludes halogenated alkanes) is 1. The van der Waals surface area contributed by atoms with Crippen molar-refractivity contribution in [3.63, 3.8) is 0 Å². The van der Waals surface area contributed by atoms with Gasteiger partial charge in [0, 0.05) is 11.4 Å². The van der Waals surface area contributed by atoms with Gasteiger partial charge in [-0.1, -0.05) is 39.2 Å². The maximum Gasteiger partial charge on any atom is 0.00512 e. The lowest BCUT2D eigenvalue weighted by molar-refractivity contribution is 0.139. The summed E-state index contributed by atoms with van der Waals surface area (Å²) in [5.74, 6) is 1.01. The molecule has 0 aliphatic heterocycles. The Hall–Kier alpha value is -0.340. The highest BCUT2D eigenvalue weighted by molar-refractivity contribution is 7.09. The molecular formula is C19H33NS. The van der Waals surface area contributed by atoms with Gasteiger partial charge in [-0.3, -0.25) is 0 Å². The van der Waals surface area contributed by atoms with Crippen LogP contribution in [0.4, 0.5) is 0 Å². The molecule has 1 saturated carbocycles. The zero-order valence-corrected chi connectivity index (χ0v) is 14.8. The second-order valence-corrected chi connectivity index (χ2v) is 8.05. The van der Waals surface area contributed by atoms with Crippen LogP contribution in [-0.4, -0.2) is 13.1 Å². The van der Waals surface area contributed by atoms with Gasteiger partial charge in [0.05, 0.1) is 0 Å². The molecule has 2 rings (SSSR count). The molecule has 0 atom stereocenters. The second-order valence-electron chi connectivity index (χ2n) is 7.02. The summed E-state index contributed by atoms with van der Waals surface area (Å²) in [5.41, 5.74) is 0.530. The Morgan fingerprint density at radius 3 is 2.67 bits per heavy atom. The van der Waals surface area contributed by atoms with E-state index < -0.39 is 0 Å². The van der Waals surface area contributed by atoms with E-state index in [2.05, 4.69) is 36.7 Å². The van der Waals surface area contributed by atoms with Crippen LogP contribution in [0.1, 0.15) is 70.1 Å². The van der Waals surface area contributed by atoms with Crippen molar-refractivity contribution in [3.8, 4) is 0 Å². The van der Waals surface area contributed by atoms with Gasteiger partial charge in [0.15, 0.2) is 0 Å². The molecule has 1 N–H and O–H groups in total. The fraction of sp³-hybridized carbons (Fsp3) is 0.789. The summed E-state index contributed by atoms with van der Waals surface area (Å²) < 4.78 is 0. The summed E-state index contributed by atoms with van der Waals surface area (Å²) in [6, 6.07) is 4.54. The lowest BCUT2D eigenvalue weighted by atomic mass is 9.67. The summed E-state index contributed by atoms with van der Waals surface area (Å²) in [7, 11) is 0. The highest BCUT2D eigenvalue weighted by Crippen LogP contribution is 2.43. The number of nitrogens with one attached hydrogen (secondary N) is 1. The van der Waals surface area contributed by atoms with Gasteiger partial charge in [-0.2, -0.15) is 0 Å². The average molecular weight is 308 g/mol. The van der Waals surface area contributed by atoms with E-state index in [0.717, 1.165) is 5.92 Å². The highest BCUT2D eigenvalue weighted by Gasteiger charge is 2.35. The molecule has 1 aliphatic carbocycles. The highest BCUT2D eigenvalue weighted by atomic mass is 32.1. The van der Waals surface area contributed by atoms with E-state index in [4.69, 9.17) is 0 Å². The molecule has 1 nitrogen and oxygen atoms in total. The predicted octanol–water partition coefficient (Wildman–Crippen LogP) is 5.66. The van der Waals surface area contributed by atoms with E-state index in [1.807, 2.05) is 11.3 Å². The molecule has 1 aromatic heterocycles. The third-order valence-electron chi connectivity index (χ3n) is 5.19. The van der Waals surface area contributed by atoms with E-state index >= 15 is 0 Å². The number of hydrogen-bond donors (Lipinski definition) is 1. The monoisotopic (exact) mass is 307 g/mol. The van der Waals surface area contributed by atoms with E-state index in [9.17, 15) is 0 Å². The van der Waals surface area contributed by atoms with Crippen molar-refractivity contribution in [2.75, 3.05) is 13.1 Å². The van der Waals surface area contributed by atoms with Crippen LogP contribution in [0.3, 0.4) is 0 Å². The van der Waals surface area contributed by atoms with E-state index in [1.54, 1.807) is 4.88 Å². The van der Waals surface area contributed by atoms with Crippen molar-refractivity contribution in [1.29, 1.82) is 0 Å². The smallest absolute Gasteiger partial charge is 0.00512 e. The van der Waals surface area contributed by atoms with Crippen LogP contribution in [0.2, 0.25) is 0 Å². The predicted molar refractivity (Wildman–Crippen MR) is 95.1 cm³/mol. The number of rotatable bonds is 9. The third-order valence-corrected chi connectivity index (χ3v) is 6.06. The fourth-order valence-corrected chi connectivity index (χ4v) is 4.68. The van der Waals surface area contributed by atoms with Crippen LogP contribution in [0.25, 0.3) is 0 Å². The molecule has 0 amide bonds. The van der Waals surface area contributed by atoms with Gasteiger partial charge < -0.3 is 5.32 Å². The van der Waals surface area contributed by atoms with Gasteiger partial charge in [0.25, 0.3) is 0 Å². The molecule has 0 bridgehead atoms. The van der Waals surface area contributed by atoms with Gasteiger partial charge in [-0.05, 0) is 67.8 Å². The quantitative estimate of drug-likeness (QED) is 0.581.